The molecule has 1 N–H and O–H groups in total. The number of fused-ring (bicyclic) bond motifs is 1. The molecule has 32 heavy (non-hydrogen) atoms. The number of amides is 1. The number of pyridine rings is 1. The Morgan fingerprint density at radius 1 is 1.34 bits per heavy atom. The molecule has 3 heterocycles. The fraction of sp³-hybridized carbons (Fsp3) is 0.250. The zero-order valence-electron chi connectivity index (χ0n) is 17.6. The maximum atomic E-state index is 13.3. The van der Waals surface area contributed by atoms with Crippen LogP contribution in [-0.2, 0) is 9.53 Å². The maximum absolute atomic E-state index is 13.3. The first-order chi connectivity index (χ1) is 15.6. The fourth-order valence-electron chi connectivity index (χ4n) is 3.49. The lowest BCUT2D eigenvalue weighted by molar-refractivity contribution is -0.117. The van der Waals surface area contributed by atoms with E-state index in [1.165, 1.54) is 10.5 Å². The van der Waals surface area contributed by atoms with Crippen molar-refractivity contribution in [1.29, 1.82) is 5.26 Å². The van der Waals surface area contributed by atoms with Crippen LogP contribution in [0.4, 0.5) is 0 Å². The predicted octanol–water partition coefficient (Wildman–Crippen LogP) is 3.00. The molecule has 0 bridgehead atoms. The van der Waals surface area contributed by atoms with Crippen molar-refractivity contribution in [2.45, 2.75) is 25.9 Å². The molecule has 162 valence electrons. The van der Waals surface area contributed by atoms with Gasteiger partial charge in [0.2, 0.25) is 5.88 Å². The lowest BCUT2D eigenvalue weighted by Crippen LogP contribution is -2.32. The molecule has 0 saturated carbocycles. The molecule has 1 fully saturated rings. The second-order valence-electron chi connectivity index (χ2n) is 7.45. The molecular formula is C24H22N4O4. The van der Waals surface area contributed by atoms with Crippen LogP contribution in [0.5, 0.6) is 11.6 Å². The normalized spacial score (nSPS) is 16.0. The highest BCUT2D eigenvalue weighted by Gasteiger charge is 2.20. The molecule has 4 rings (SSSR count). The van der Waals surface area contributed by atoms with Crippen molar-refractivity contribution in [3.05, 3.63) is 75.7 Å². The molecular weight excluding hydrogens is 408 g/mol. The van der Waals surface area contributed by atoms with E-state index in [1.54, 1.807) is 36.5 Å². The number of carbonyl (C=O) groups excluding carboxylic acids is 1. The lowest BCUT2D eigenvalue weighted by Gasteiger charge is -2.12. The van der Waals surface area contributed by atoms with Crippen LogP contribution in [0.25, 0.3) is 11.7 Å². The van der Waals surface area contributed by atoms with Gasteiger partial charge in [0, 0.05) is 19.3 Å². The smallest absolute Gasteiger partial charge is 0.269 e. The van der Waals surface area contributed by atoms with Gasteiger partial charge in [-0.15, -0.1) is 0 Å². The van der Waals surface area contributed by atoms with E-state index in [4.69, 9.17) is 9.47 Å². The zero-order chi connectivity index (χ0) is 22.5. The molecule has 1 saturated heterocycles. The molecule has 8 nitrogen and oxygen atoms in total. The standard InChI is InChI=1S/C24H22N4O4/c1-16-7-5-11-28-21(16)27-23(32-18-8-3-2-4-9-18)20(24(28)30)13-17(14-25)22(29)26-15-19-10-6-12-31-19/h2-5,7-9,11,13,19H,6,10,12,15H2,1H3,(H,26,29)/b17-13+/t19-/m1/s1. The van der Waals surface area contributed by atoms with E-state index in [0.29, 0.717) is 24.5 Å². The average molecular weight is 430 g/mol. The number of hydrogen-bond donors (Lipinski definition) is 1. The van der Waals surface area contributed by atoms with Crippen molar-refractivity contribution in [1.82, 2.24) is 14.7 Å². The van der Waals surface area contributed by atoms with Crippen molar-refractivity contribution in [3.8, 4) is 17.7 Å². The van der Waals surface area contributed by atoms with Gasteiger partial charge in [0.25, 0.3) is 11.5 Å². The first-order valence-electron chi connectivity index (χ1n) is 10.3. The third kappa shape index (κ3) is 4.53. The summed E-state index contributed by atoms with van der Waals surface area (Å²) in [6.07, 6.45) is 4.56. The van der Waals surface area contributed by atoms with E-state index < -0.39 is 11.5 Å². The summed E-state index contributed by atoms with van der Waals surface area (Å²) in [5, 5.41) is 12.3. The van der Waals surface area contributed by atoms with Gasteiger partial charge in [-0.1, -0.05) is 24.3 Å². The highest BCUT2D eigenvalue weighted by molar-refractivity contribution is 6.01. The molecule has 1 aromatic carbocycles. The summed E-state index contributed by atoms with van der Waals surface area (Å²) in [6, 6.07) is 14.3. The topological polar surface area (TPSA) is 106 Å². The third-order valence-corrected chi connectivity index (χ3v) is 5.18. The van der Waals surface area contributed by atoms with Crippen LogP contribution < -0.4 is 15.6 Å². The Bertz CT molecular complexity index is 1270. The summed E-state index contributed by atoms with van der Waals surface area (Å²) < 4.78 is 12.8. The number of aromatic nitrogens is 2. The van der Waals surface area contributed by atoms with Gasteiger partial charge in [-0.05, 0) is 49.6 Å². The largest absolute Gasteiger partial charge is 0.438 e. The van der Waals surface area contributed by atoms with Gasteiger partial charge in [0.15, 0.2) is 0 Å². The summed E-state index contributed by atoms with van der Waals surface area (Å²) >= 11 is 0. The Morgan fingerprint density at radius 3 is 2.88 bits per heavy atom. The number of para-hydroxylation sites is 1. The van der Waals surface area contributed by atoms with Crippen molar-refractivity contribution >= 4 is 17.6 Å². The number of hydrogen-bond acceptors (Lipinski definition) is 6. The van der Waals surface area contributed by atoms with Crippen molar-refractivity contribution in [3.63, 3.8) is 0 Å². The minimum absolute atomic E-state index is 0.0146. The van der Waals surface area contributed by atoms with Crippen LogP contribution in [0.1, 0.15) is 24.0 Å². The van der Waals surface area contributed by atoms with Crippen LogP contribution in [0.2, 0.25) is 0 Å². The number of nitriles is 1. The van der Waals surface area contributed by atoms with E-state index in [2.05, 4.69) is 10.3 Å². The van der Waals surface area contributed by atoms with Crippen molar-refractivity contribution in [2.24, 2.45) is 0 Å². The molecule has 8 heteroatoms. The van der Waals surface area contributed by atoms with E-state index in [-0.39, 0.29) is 23.1 Å². The Hall–Kier alpha value is -3.96. The number of ether oxygens (including phenoxy) is 2. The monoisotopic (exact) mass is 430 g/mol. The van der Waals surface area contributed by atoms with Gasteiger partial charge in [-0.3, -0.25) is 14.0 Å². The molecule has 3 aromatic rings. The summed E-state index contributed by atoms with van der Waals surface area (Å²) in [7, 11) is 0. The second kappa shape index (κ2) is 9.45. The molecule has 2 aromatic heterocycles. The first-order valence-corrected chi connectivity index (χ1v) is 10.3. The molecule has 1 aliphatic heterocycles. The average Bonchev–Trinajstić information content (AvgIpc) is 3.33. The molecule has 0 radical (unpaired) electrons. The van der Waals surface area contributed by atoms with Gasteiger partial charge in [-0.2, -0.15) is 10.2 Å². The van der Waals surface area contributed by atoms with E-state index in [0.717, 1.165) is 18.4 Å². The SMILES string of the molecule is Cc1cccn2c(=O)c(/C=C(\C#N)C(=O)NC[C@H]3CCCO3)c(Oc3ccccc3)nc12. The molecule has 1 atom stereocenters. The summed E-state index contributed by atoms with van der Waals surface area (Å²) in [6.45, 7) is 2.81. The quantitative estimate of drug-likeness (QED) is 0.476. The van der Waals surface area contributed by atoms with Crippen molar-refractivity contribution in [2.75, 3.05) is 13.2 Å². The van der Waals surface area contributed by atoms with Crippen LogP contribution >= 0.6 is 0 Å². The lowest BCUT2D eigenvalue weighted by atomic mass is 10.1. The Kier molecular flexibility index (Phi) is 6.29. The first kappa shape index (κ1) is 21.3. The number of nitrogens with zero attached hydrogens (tertiary/aromatic N) is 3. The summed E-state index contributed by atoms with van der Waals surface area (Å²) in [5.41, 5.74) is 0.576. The number of rotatable bonds is 6. The second-order valence-corrected chi connectivity index (χ2v) is 7.45. The number of aryl methyl sites for hydroxylation is 1. The predicted molar refractivity (Wildman–Crippen MR) is 118 cm³/mol. The van der Waals surface area contributed by atoms with Crippen LogP contribution in [-0.4, -0.2) is 34.5 Å². The fourth-order valence-corrected chi connectivity index (χ4v) is 3.49. The Morgan fingerprint density at radius 2 is 2.16 bits per heavy atom. The van der Waals surface area contributed by atoms with Gasteiger partial charge >= 0.3 is 0 Å². The number of carbonyl (C=O) groups is 1. The van der Waals surface area contributed by atoms with E-state index in [9.17, 15) is 14.9 Å². The van der Waals surface area contributed by atoms with Crippen LogP contribution in [0, 0.1) is 18.3 Å². The van der Waals surface area contributed by atoms with Gasteiger partial charge in [-0.25, -0.2) is 0 Å². The summed E-state index contributed by atoms with van der Waals surface area (Å²) in [5.74, 6) is -0.0779. The zero-order valence-corrected chi connectivity index (χ0v) is 17.6. The highest BCUT2D eigenvalue weighted by Crippen LogP contribution is 2.24. The minimum Gasteiger partial charge on any atom is -0.438 e. The molecule has 1 aliphatic rings. The van der Waals surface area contributed by atoms with Crippen LogP contribution in [0.15, 0.2) is 59.0 Å². The molecule has 0 spiro atoms. The van der Waals surface area contributed by atoms with Gasteiger partial charge < -0.3 is 14.8 Å². The van der Waals surface area contributed by atoms with Crippen LogP contribution in [0.3, 0.4) is 0 Å². The number of nitrogens with one attached hydrogen (secondary N) is 1. The van der Waals surface area contributed by atoms with Crippen molar-refractivity contribution < 1.29 is 14.3 Å². The van der Waals surface area contributed by atoms with E-state index in [1.807, 2.05) is 25.1 Å². The molecule has 1 amide bonds. The maximum Gasteiger partial charge on any atom is 0.269 e. The molecule has 0 aliphatic carbocycles. The van der Waals surface area contributed by atoms with Gasteiger partial charge in [0.1, 0.15) is 28.6 Å². The van der Waals surface area contributed by atoms with E-state index >= 15 is 0 Å². The highest BCUT2D eigenvalue weighted by atomic mass is 16.5. The number of benzene rings is 1. The molecule has 0 unspecified atom stereocenters. The Labute approximate surface area is 184 Å². The van der Waals surface area contributed by atoms with Gasteiger partial charge in [0.05, 0.1) is 6.10 Å². The summed E-state index contributed by atoms with van der Waals surface area (Å²) in [4.78, 5) is 30.4. The third-order valence-electron chi connectivity index (χ3n) is 5.18. The Balaban J connectivity index is 1.75. The minimum atomic E-state index is -0.581.